The number of amides is 3. The lowest BCUT2D eigenvalue weighted by molar-refractivity contribution is 0.0263. The first kappa shape index (κ1) is 18.8. The first-order chi connectivity index (χ1) is 10.7. The molecule has 128 valence electrons. The van der Waals surface area contributed by atoms with Gasteiger partial charge in [0.25, 0.3) is 0 Å². The fraction of sp³-hybridized carbons (Fsp3) is 0.529. The summed E-state index contributed by atoms with van der Waals surface area (Å²) in [6, 6.07) is 7.24. The molecule has 6 nitrogen and oxygen atoms in total. The number of aryl methyl sites for hydroxylation is 1. The molecule has 0 aliphatic heterocycles. The molecule has 0 fully saturated rings. The van der Waals surface area contributed by atoms with Crippen LogP contribution in [0.3, 0.4) is 0 Å². The molecule has 6 heteroatoms. The van der Waals surface area contributed by atoms with Crippen LogP contribution in [0.2, 0.25) is 0 Å². The Morgan fingerprint density at radius 3 is 2.30 bits per heavy atom. The topological polar surface area (TPSA) is 70.7 Å². The van der Waals surface area contributed by atoms with Crippen molar-refractivity contribution in [3.8, 4) is 0 Å². The number of likely N-dealkylation sites (N-methyl/N-ethyl adjacent to an activating group) is 1. The molecule has 0 aliphatic rings. The van der Waals surface area contributed by atoms with Crippen LogP contribution < -0.4 is 10.6 Å². The molecule has 0 saturated heterocycles. The van der Waals surface area contributed by atoms with Gasteiger partial charge >= 0.3 is 12.1 Å². The number of rotatable bonds is 5. The fourth-order valence-corrected chi connectivity index (χ4v) is 1.82. The maximum Gasteiger partial charge on any atom is 0.410 e. The van der Waals surface area contributed by atoms with Gasteiger partial charge < -0.3 is 20.3 Å². The highest BCUT2D eigenvalue weighted by molar-refractivity contribution is 5.89. The lowest BCUT2D eigenvalue weighted by atomic mass is 10.2. The second-order valence-corrected chi connectivity index (χ2v) is 6.31. The third kappa shape index (κ3) is 7.54. The molecular weight excluding hydrogens is 294 g/mol. The van der Waals surface area contributed by atoms with Crippen LogP contribution in [0, 0.1) is 6.92 Å². The number of ether oxygens (including phenoxy) is 1. The van der Waals surface area contributed by atoms with Crippen molar-refractivity contribution in [1.29, 1.82) is 0 Å². The van der Waals surface area contributed by atoms with Crippen molar-refractivity contribution in [2.24, 2.45) is 0 Å². The minimum absolute atomic E-state index is 0.297. The summed E-state index contributed by atoms with van der Waals surface area (Å²) in [4.78, 5) is 25.3. The highest BCUT2D eigenvalue weighted by Gasteiger charge is 2.20. The number of urea groups is 1. The third-order valence-electron chi connectivity index (χ3n) is 3.01. The van der Waals surface area contributed by atoms with Gasteiger partial charge in [-0.15, -0.1) is 0 Å². The summed E-state index contributed by atoms with van der Waals surface area (Å²) in [5.74, 6) is 0. The van der Waals surface area contributed by atoms with Gasteiger partial charge in [-0.3, -0.25) is 0 Å². The molecular formula is C17H27N3O3. The maximum absolute atomic E-state index is 12.0. The van der Waals surface area contributed by atoms with Gasteiger partial charge in [0.15, 0.2) is 0 Å². The lowest BCUT2D eigenvalue weighted by Gasteiger charge is -2.26. The van der Waals surface area contributed by atoms with Gasteiger partial charge in [-0.1, -0.05) is 17.7 Å². The van der Waals surface area contributed by atoms with E-state index in [0.29, 0.717) is 19.6 Å². The molecule has 3 amide bonds. The van der Waals surface area contributed by atoms with Gasteiger partial charge in [-0.25, -0.2) is 9.59 Å². The number of hydrogen-bond donors (Lipinski definition) is 2. The number of benzene rings is 1. The molecule has 0 unspecified atom stereocenters. The van der Waals surface area contributed by atoms with Crippen LogP contribution in [0.15, 0.2) is 24.3 Å². The van der Waals surface area contributed by atoms with Crippen molar-refractivity contribution in [3.63, 3.8) is 0 Å². The van der Waals surface area contributed by atoms with Crippen LogP contribution in [0.1, 0.15) is 33.3 Å². The summed E-state index contributed by atoms with van der Waals surface area (Å²) in [5.41, 5.74) is 1.33. The molecule has 0 radical (unpaired) electrons. The molecule has 0 heterocycles. The summed E-state index contributed by atoms with van der Waals surface area (Å²) in [6.07, 6.45) is -0.374. The Labute approximate surface area is 138 Å². The molecule has 0 saturated carbocycles. The number of hydrogen-bond acceptors (Lipinski definition) is 3. The summed E-state index contributed by atoms with van der Waals surface area (Å²) < 4.78 is 5.31. The number of carbonyl (C=O) groups is 2. The maximum atomic E-state index is 12.0. The monoisotopic (exact) mass is 321 g/mol. The predicted molar refractivity (Wildman–Crippen MR) is 91.7 cm³/mol. The van der Waals surface area contributed by atoms with Gasteiger partial charge in [-0.2, -0.15) is 0 Å². The van der Waals surface area contributed by atoms with Crippen LogP contribution in [0.25, 0.3) is 0 Å². The van der Waals surface area contributed by atoms with Crippen molar-refractivity contribution < 1.29 is 14.3 Å². The van der Waals surface area contributed by atoms with E-state index in [9.17, 15) is 9.59 Å². The zero-order valence-corrected chi connectivity index (χ0v) is 14.6. The quantitative estimate of drug-likeness (QED) is 0.873. The fourth-order valence-electron chi connectivity index (χ4n) is 1.82. The standard InChI is InChI=1S/C17H27N3O3/c1-6-20(16(22)23-17(3,4)5)12-11-18-15(21)19-14-9-7-13(2)8-10-14/h7-10H,6,11-12H2,1-5H3,(H2,18,19,21). The molecule has 1 rings (SSSR count). The van der Waals surface area contributed by atoms with Gasteiger partial charge in [0, 0.05) is 25.3 Å². The van der Waals surface area contributed by atoms with E-state index in [-0.39, 0.29) is 12.1 Å². The number of nitrogens with zero attached hydrogens (tertiary/aromatic N) is 1. The highest BCUT2D eigenvalue weighted by Crippen LogP contribution is 2.10. The molecule has 0 spiro atoms. The van der Waals surface area contributed by atoms with Gasteiger partial charge in [-0.05, 0) is 46.8 Å². The van der Waals surface area contributed by atoms with Crippen LogP contribution >= 0.6 is 0 Å². The summed E-state index contributed by atoms with van der Waals surface area (Å²) in [6.45, 7) is 10.6. The number of anilines is 1. The Balaban J connectivity index is 2.37. The van der Waals surface area contributed by atoms with E-state index in [1.807, 2.05) is 58.9 Å². The second kappa shape index (κ2) is 8.41. The van der Waals surface area contributed by atoms with Crippen molar-refractivity contribution >= 4 is 17.8 Å². The Bertz CT molecular complexity index is 521. The Hall–Kier alpha value is -2.24. The number of carbonyl (C=O) groups excluding carboxylic acids is 2. The van der Waals surface area contributed by atoms with E-state index >= 15 is 0 Å². The van der Waals surface area contributed by atoms with Gasteiger partial charge in [0.05, 0.1) is 0 Å². The largest absolute Gasteiger partial charge is 0.444 e. The molecule has 1 aromatic carbocycles. The SMILES string of the molecule is CCN(CCNC(=O)Nc1ccc(C)cc1)C(=O)OC(C)(C)C. The van der Waals surface area contributed by atoms with Gasteiger partial charge in [0.1, 0.15) is 5.60 Å². The Kier molecular flexibility index (Phi) is 6.88. The first-order valence-corrected chi connectivity index (χ1v) is 7.80. The zero-order chi connectivity index (χ0) is 17.5. The molecule has 23 heavy (non-hydrogen) atoms. The zero-order valence-electron chi connectivity index (χ0n) is 14.6. The summed E-state index contributed by atoms with van der Waals surface area (Å²) in [5, 5.41) is 5.47. The van der Waals surface area contributed by atoms with Crippen LogP contribution in [-0.4, -0.2) is 42.3 Å². The van der Waals surface area contributed by atoms with Crippen molar-refractivity contribution in [2.75, 3.05) is 25.0 Å². The van der Waals surface area contributed by atoms with E-state index in [1.54, 1.807) is 4.90 Å². The molecule has 0 aliphatic carbocycles. The second-order valence-electron chi connectivity index (χ2n) is 6.31. The minimum atomic E-state index is -0.527. The molecule has 0 bridgehead atoms. The Morgan fingerprint density at radius 1 is 1.17 bits per heavy atom. The van der Waals surface area contributed by atoms with Crippen molar-refractivity contribution in [1.82, 2.24) is 10.2 Å². The highest BCUT2D eigenvalue weighted by atomic mass is 16.6. The van der Waals surface area contributed by atoms with Crippen LogP contribution in [-0.2, 0) is 4.74 Å². The molecule has 2 N–H and O–H groups in total. The molecule has 0 atom stereocenters. The van der Waals surface area contributed by atoms with E-state index < -0.39 is 5.60 Å². The number of nitrogens with one attached hydrogen (secondary N) is 2. The average Bonchev–Trinajstić information content (AvgIpc) is 2.44. The first-order valence-electron chi connectivity index (χ1n) is 7.80. The Morgan fingerprint density at radius 2 is 1.78 bits per heavy atom. The van der Waals surface area contributed by atoms with Crippen LogP contribution in [0.4, 0.5) is 15.3 Å². The smallest absolute Gasteiger partial charge is 0.410 e. The van der Waals surface area contributed by atoms with Gasteiger partial charge in [0.2, 0.25) is 0 Å². The predicted octanol–water partition coefficient (Wildman–Crippen LogP) is 3.37. The summed E-state index contributed by atoms with van der Waals surface area (Å²) in [7, 11) is 0. The molecule has 1 aromatic rings. The van der Waals surface area contributed by atoms with Crippen LogP contribution in [0.5, 0.6) is 0 Å². The van der Waals surface area contributed by atoms with E-state index in [4.69, 9.17) is 4.74 Å². The van der Waals surface area contributed by atoms with E-state index in [1.165, 1.54) is 0 Å². The van der Waals surface area contributed by atoms with E-state index in [0.717, 1.165) is 11.3 Å². The molecule has 0 aromatic heterocycles. The van der Waals surface area contributed by atoms with E-state index in [2.05, 4.69) is 10.6 Å². The van der Waals surface area contributed by atoms with Crippen molar-refractivity contribution in [2.45, 2.75) is 40.2 Å². The normalized spacial score (nSPS) is 10.8. The van der Waals surface area contributed by atoms with Crippen molar-refractivity contribution in [3.05, 3.63) is 29.8 Å². The third-order valence-corrected chi connectivity index (χ3v) is 3.01. The summed E-state index contributed by atoms with van der Waals surface area (Å²) >= 11 is 0. The average molecular weight is 321 g/mol. The lowest BCUT2D eigenvalue weighted by Crippen LogP contribution is -2.42. The minimum Gasteiger partial charge on any atom is -0.444 e.